The van der Waals surface area contributed by atoms with Gasteiger partial charge in [-0.05, 0) is 44.9 Å². The maximum Gasteiger partial charge on any atom is 0.576 e. The first-order valence-electron chi connectivity index (χ1n) is 7.98. The standard InChI is InChI=1S/C16H20F3N3O6/c1-9(21-14(24)27-15(2,3)4)12-6-5-11(22(25)26)7-10(12)8-20-13(23)28-16(17,18)19/h5-7,9H,8H2,1-4H3,(H,20,23)(H,21,24). The summed E-state index contributed by atoms with van der Waals surface area (Å²) in [5.41, 5.74) is -0.639. The maximum atomic E-state index is 12.1. The first-order valence-corrected chi connectivity index (χ1v) is 7.98. The number of halogens is 3. The number of hydrogen-bond acceptors (Lipinski definition) is 6. The molecule has 28 heavy (non-hydrogen) atoms. The van der Waals surface area contributed by atoms with Crippen molar-refractivity contribution in [1.29, 1.82) is 0 Å². The Balaban J connectivity index is 2.99. The Labute approximate surface area is 158 Å². The SMILES string of the molecule is CC(NC(=O)OC(C)(C)C)c1ccc([N+](=O)[O-])cc1CNC(=O)OC(F)(F)F. The molecule has 12 heteroatoms. The molecule has 0 aromatic heterocycles. The number of benzene rings is 1. The molecule has 1 aromatic rings. The van der Waals surface area contributed by atoms with Gasteiger partial charge in [-0.2, -0.15) is 0 Å². The Hall–Kier alpha value is -3.05. The molecule has 0 spiro atoms. The molecule has 0 fully saturated rings. The molecule has 2 N–H and O–H groups in total. The van der Waals surface area contributed by atoms with Crippen LogP contribution in [0.2, 0.25) is 0 Å². The number of nitrogens with zero attached hydrogens (tertiary/aromatic N) is 1. The summed E-state index contributed by atoms with van der Waals surface area (Å²) < 4.78 is 44.5. The van der Waals surface area contributed by atoms with Crippen molar-refractivity contribution in [3.05, 3.63) is 39.4 Å². The highest BCUT2D eigenvalue weighted by atomic mass is 19.4. The Bertz CT molecular complexity index is 746. The Kier molecular flexibility index (Phi) is 7.19. The van der Waals surface area contributed by atoms with E-state index >= 15 is 0 Å². The molecule has 1 aromatic carbocycles. The molecular formula is C16H20F3N3O6. The van der Waals surface area contributed by atoms with Crippen LogP contribution < -0.4 is 10.6 Å². The number of alkyl halides is 3. The molecule has 1 rings (SSSR count). The number of alkyl carbamates (subject to hydrolysis) is 2. The Morgan fingerprint density at radius 2 is 1.79 bits per heavy atom. The quantitative estimate of drug-likeness (QED) is 0.564. The van der Waals surface area contributed by atoms with E-state index in [1.165, 1.54) is 12.1 Å². The minimum absolute atomic E-state index is 0.122. The van der Waals surface area contributed by atoms with E-state index in [2.05, 4.69) is 10.1 Å². The first-order chi connectivity index (χ1) is 12.7. The minimum atomic E-state index is -5.17. The number of carbonyl (C=O) groups excluding carboxylic acids is 2. The van der Waals surface area contributed by atoms with E-state index in [4.69, 9.17) is 4.74 Å². The molecule has 0 aliphatic carbocycles. The molecule has 0 saturated heterocycles. The number of carbonyl (C=O) groups is 2. The molecule has 1 unspecified atom stereocenters. The summed E-state index contributed by atoms with van der Waals surface area (Å²) in [4.78, 5) is 33.3. The van der Waals surface area contributed by atoms with Crippen LogP contribution in [0, 0.1) is 10.1 Å². The van der Waals surface area contributed by atoms with Crippen LogP contribution in [0.25, 0.3) is 0 Å². The van der Waals surface area contributed by atoms with Gasteiger partial charge >= 0.3 is 18.5 Å². The van der Waals surface area contributed by atoms with Gasteiger partial charge in [0.15, 0.2) is 0 Å². The summed E-state index contributed by atoms with van der Waals surface area (Å²) in [5.74, 6) is 0. The smallest absolute Gasteiger partial charge is 0.444 e. The molecule has 0 bridgehead atoms. The highest BCUT2D eigenvalue weighted by molar-refractivity contribution is 5.69. The number of ether oxygens (including phenoxy) is 2. The van der Waals surface area contributed by atoms with Crippen molar-refractivity contribution in [3.8, 4) is 0 Å². The van der Waals surface area contributed by atoms with Crippen LogP contribution in [-0.2, 0) is 16.0 Å². The third-order valence-electron chi connectivity index (χ3n) is 3.17. The summed E-state index contributed by atoms with van der Waals surface area (Å²) >= 11 is 0. The summed E-state index contributed by atoms with van der Waals surface area (Å²) in [7, 11) is 0. The van der Waals surface area contributed by atoms with Crippen LogP contribution in [0.5, 0.6) is 0 Å². The van der Waals surface area contributed by atoms with E-state index in [1.54, 1.807) is 27.7 Å². The molecule has 9 nitrogen and oxygen atoms in total. The third-order valence-corrected chi connectivity index (χ3v) is 3.17. The lowest BCUT2D eigenvalue weighted by molar-refractivity contribution is -0.384. The van der Waals surface area contributed by atoms with Crippen LogP contribution >= 0.6 is 0 Å². The van der Waals surface area contributed by atoms with Crippen molar-refractivity contribution in [3.63, 3.8) is 0 Å². The van der Waals surface area contributed by atoms with Gasteiger partial charge in [-0.1, -0.05) is 0 Å². The molecule has 0 aliphatic rings. The molecule has 0 aliphatic heterocycles. The van der Waals surface area contributed by atoms with E-state index in [0.717, 1.165) is 6.07 Å². The molecule has 0 radical (unpaired) electrons. The summed E-state index contributed by atoms with van der Waals surface area (Å²) in [6, 6.07) is 2.86. The first kappa shape index (κ1) is 23.0. The molecule has 156 valence electrons. The van der Waals surface area contributed by atoms with Gasteiger partial charge in [0.1, 0.15) is 5.60 Å². The fourth-order valence-electron chi connectivity index (χ4n) is 2.15. The van der Waals surface area contributed by atoms with E-state index in [-0.39, 0.29) is 11.3 Å². The Morgan fingerprint density at radius 3 is 2.29 bits per heavy atom. The predicted molar refractivity (Wildman–Crippen MR) is 90.3 cm³/mol. The van der Waals surface area contributed by atoms with Crippen molar-refractivity contribution < 1.29 is 37.2 Å². The van der Waals surface area contributed by atoms with E-state index in [9.17, 15) is 32.9 Å². The predicted octanol–water partition coefficient (Wildman–Crippen LogP) is 3.93. The second-order valence-corrected chi connectivity index (χ2v) is 6.70. The number of rotatable bonds is 5. The van der Waals surface area contributed by atoms with Gasteiger partial charge in [0.2, 0.25) is 0 Å². The maximum absolute atomic E-state index is 12.1. The molecule has 0 heterocycles. The third kappa shape index (κ3) is 8.10. The highest BCUT2D eigenvalue weighted by Gasteiger charge is 2.34. The van der Waals surface area contributed by atoms with E-state index < -0.39 is 41.7 Å². The van der Waals surface area contributed by atoms with Gasteiger partial charge in [-0.15, -0.1) is 13.2 Å². The number of non-ortho nitro benzene ring substituents is 1. The molecule has 0 saturated carbocycles. The normalized spacial score (nSPS) is 12.7. The lowest BCUT2D eigenvalue weighted by atomic mass is 10.0. The molecular weight excluding hydrogens is 387 g/mol. The van der Waals surface area contributed by atoms with Gasteiger partial charge in [-0.3, -0.25) is 10.1 Å². The lowest BCUT2D eigenvalue weighted by Crippen LogP contribution is -2.35. The summed E-state index contributed by atoms with van der Waals surface area (Å²) in [6.07, 6.45) is -7.69. The fraction of sp³-hybridized carbons (Fsp3) is 0.500. The van der Waals surface area contributed by atoms with Gasteiger partial charge in [-0.25, -0.2) is 9.59 Å². The second-order valence-electron chi connectivity index (χ2n) is 6.70. The van der Waals surface area contributed by atoms with Gasteiger partial charge < -0.3 is 20.1 Å². The van der Waals surface area contributed by atoms with Crippen molar-refractivity contribution in [1.82, 2.24) is 10.6 Å². The van der Waals surface area contributed by atoms with Gasteiger partial charge in [0.05, 0.1) is 11.0 Å². The topological polar surface area (TPSA) is 120 Å². The highest BCUT2D eigenvalue weighted by Crippen LogP contribution is 2.24. The van der Waals surface area contributed by atoms with Gasteiger partial charge in [0, 0.05) is 18.7 Å². The average molecular weight is 407 g/mol. The summed E-state index contributed by atoms with van der Waals surface area (Å²) in [6.45, 7) is 6.02. The average Bonchev–Trinajstić information content (AvgIpc) is 2.48. The minimum Gasteiger partial charge on any atom is -0.444 e. The Morgan fingerprint density at radius 1 is 1.18 bits per heavy atom. The van der Waals surface area contributed by atoms with Crippen molar-refractivity contribution >= 4 is 17.9 Å². The van der Waals surface area contributed by atoms with Crippen LogP contribution in [-0.4, -0.2) is 29.1 Å². The largest absolute Gasteiger partial charge is 0.576 e. The van der Waals surface area contributed by atoms with Crippen LogP contribution in [0.4, 0.5) is 28.4 Å². The van der Waals surface area contributed by atoms with Crippen molar-refractivity contribution in [2.75, 3.05) is 0 Å². The van der Waals surface area contributed by atoms with Crippen molar-refractivity contribution in [2.24, 2.45) is 0 Å². The molecule has 2 amide bonds. The second kappa shape index (κ2) is 8.76. The summed E-state index contributed by atoms with van der Waals surface area (Å²) in [5, 5.41) is 15.3. The van der Waals surface area contributed by atoms with Gasteiger partial charge in [0.25, 0.3) is 5.69 Å². The van der Waals surface area contributed by atoms with Crippen LogP contribution in [0.1, 0.15) is 44.9 Å². The van der Waals surface area contributed by atoms with Crippen LogP contribution in [0.3, 0.4) is 0 Å². The zero-order chi connectivity index (χ0) is 21.7. The zero-order valence-corrected chi connectivity index (χ0v) is 15.5. The number of hydrogen-bond donors (Lipinski definition) is 2. The number of amides is 2. The van der Waals surface area contributed by atoms with Crippen LogP contribution in [0.15, 0.2) is 18.2 Å². The fourth-order valence-corrected chi connectivity index (χ4v) is 2.15. The molecule has 1 atom stereocenters. The lowest BCUT2D eigenvalue weighted by Gasteiger charge is -2.23. The zero-order valence-electron chi connectivity index (χ0n) is 15.5. The van der Waals surface area contributed by atoms with E-state index in [0.29, 0.717) is 5.56 Å². The van der Waals surface area contributed by atoms with Crippen molar-refractivity contribution in [2.45, 2.75) is 52.2 Å². The number of nitro benzene ring substituents is 1. The van der Waals surface area contributed by atoms with E-state index in [1.807, 2.05) is 5.32 Å². The number of nitrogens with one attached hydrogen (secondary N) is 2. The monoisotopic (exact) mass is 407 g/mol. The number of nitro groups is 1.